The summed E-state index contributed by atoms with van der Waals surface area (Å²) < 4.78 is 7.48. The zero-order chi connectivity index (χ0) is 14.5. The molecule has 0 aliphatic carbocycles. The van der Waals surface area contributed by atoms with E-state index in [4.69, 9.17) is 4.74 Å². The fourth-order valence-corrected chi connectivity index (χ4v) is 3.83. The average molecular weight is 419 g/mol. The summed E-state index contributed by atoms with van der Waals surface area (Å²) in [5.41, 5.74) is 2.51. The molecule has 0 saturated carbocycles. The van der Waals surface area contributed by atoms with Crippen molar-refractivity contribution in [1.82, 2.24) is 5.32 Å². The highest BCUT2D eigenvalue weighted by Gasteiger charge is 2.17. The fraction of sp³-hybridized carbons (Fsp3) is 0.333. The van der Waals surface area contributed by atoms with Crippen LogP contribution in [0.15, 0.2) is 37.9 Å². The molecule has 2 rings (SSSR count). The van der Waals surface area contributed by atoms with Gasteiger partial charge in [0, 0.05) is 4.47 Å². The van der Waals surface area contributed by atoms with Crippen LogP contribution in [0.25, 0.3) is 0 Å². The predicted octanol–water partition coefficient (Wildman–Crippen LogP) is 5.37. The largest absolute Gasteiger partial charge is 0.497 e. The number of hydrogen-bond donors (Lipinski definition) is 1. The maximum absolute atomic E-state index is 5.26. The Morgan fingerprint density at radius 2 is 2.10 bits per heavy atom. The molecule has 2 aromatic rings. The lowest BCUT2D eigenvalue weighted by molar-refractivity contribution is 0.414. The van der Waals surface area contributed by atoms with Crippen LogP contribution in [0.5, 0.6) is 5.75 Å². The Kier molecular flexibility index (Phi) is 6.08. The third kappa shape index (κ3) is 3.85. The van der Waals surface area contributed by atoms with Gasteiger partial charge in [-0.15, -0.1) is 11.3 Å². The van der Waals surface area contributed by atoms with Crippen LogP contribution in [-0.4, -0.2) is 13.7 Å². The van der Waals surface area contributed by atoms with Crippen LogP contribution in [0.1, 0.15) is 30.5 Å². The summed E-state index contributed by atoms with van der Waals surface area (Å²) in [6.45, 7) is 3.16. The number of thiophene rings is 1. The van der Waals surface area contributed by atoms with Crippen molar-refractivity contribution in [1.29, 1.82) is 0 Å². The third-order valence-corrected chi connectivity index (χ3v) is 5.25. The van der Waals surface area contributed by atoms with Gasteiger partial charge in [0.1, 0.15) is 5.75 Å². The highest BCUT2D eigenvalue weighted by atomic mass is 79.9. The number of ether oxygens (including phenoxy) is 1. The molecule has 0 aliphatic heterocycles. The molecular formula is C15H17Br2NOS. The van der Waals surface area contributed by atoms with E-state index in [0.717, 1.165) is 27.0 Å². The molecular weight excluding hydrogens is 402 g/mol. The summed E-state index contributed by atoms with van der Waals surface area (Å²) in [5.74, 6) is 0.862. The highest BCUT2D eigenvalue weighted by molar-refractivity contribution is 9.11. The number of hydrogen-bond acceptors (Lipinski definition) is 3. The molecule has 1 N–H and O–H groups in total. The minimum atomic E-state index is 0.192. The van der Waals surface area contributed by atoms with Gasteiger partial charge >= 0.3 is 0 Å². The topological polar surface area (TPSA) is 21.3 Å². The summed E-state index contributed by atoms with van der Waals surface area (Å²) in [6, 6.07) is 8.49. The maximum atomic E-state index is 5.26. The van der Waals surface area contributed by atoms with Crippen LogP contribution in [0.4, 0.5) is 0 Å². The van der Waals surface area contributed by atoms with Gasteiger partial charge in [0.15, 0.2) is 0 Å². The standard InChI is InChI=1S/C15H17Br2NOS/c1-3-6-18-15(10-7-14(17)20-9-10)12-5-4-11(19-2)8-13(12)16/h4-5,7-9,15,18H,3,6H2,1-2H3. The van der Waals surface area contributed by atoms with Crippen LogP contribution in [0, 0.1) is 0 Å². The van der Waals surface area contributed by atoms with E-state index in [2.05, 4.69) is 61.6 Å². The number of methoxy groups -OCH3 is 1. The summed E-state index contributed by atoms with van der Waals surface area (Å²) in [7, 11) is 1.68. The van der Waals surface area contributed by atoms with E-state index in [1.807, 2.05) is 12.1 Å². The molecule has 0 bridgehead atoms. The molecule has 0 fully saturated rings. The molecule has 0 saturated heterocycles. The highest BCUT2D eigenvalue weighted by Crippen LogP contribution is 2.34. The van der Waals surface area contributed by atoms with Crippen molar-refractivity contribution in [3.8, 4) is 5.75 Å². The van der Waals surface area contributed by atoms with Gasteiger partial charge in [-0.05, 0) is 63.6 Å². The van der Waals surface area contributed by atoms with E-state index in [-0.39, 0.29) is 6.04 Å². The monoisotopic (exact) mass is 417 g/mol. The second-order valence-electron chi connectivity index (χ2n) is 4.46. The number of rotatable bonds is 6. The SMILES string of the molecule is CCCNC(c1csc(Br)c1)c1ccc(OC)cc1Br. The van der Waals surface area contributed by atoms with Crippen molar-refractivity contribution in [2.75, 3.05) is 13.7 Å². The average Bonchev–Trinajstić information content (AvgIpc) is 2.87. The summed E-state index contributed by atoms with van der Waals surface area (Å²) in [5, 5.41) is 5.80. The summed E-state index contributed by atoms with van der Waals surface area (Å²) in [4.78, 5) is 0. The molecule has 0 amide bonds. The lowest BCUT2D eigenvalue weighted by Gasteiger charge is -2.20. The number of halogens is 2. The summed E-state index contributed by atoms with van der Waals surface area (Å²) in [6.07, 6.45) is 1.11. The Morgan fingerprint density at radius 1 is 1.30 bits per heavy atom. The quantitative estimate of drug-likeness (QED) is 0.680. The first-order chi connectivity index (χ1) is 9.65. The Hall–Kier alpha value is -0.360. The fourth-order valence-electron chi connectivity index (χ4n) is 2.04. The zero-order valence-corrected chi connectivity index (χ0v) is 15.4. The van der Waals surface area contributed by atoms with Gasteiger partial charge in [0.25, 0.3) is 0 Å². The van der Waals surface area contributed by atoms with Crippen LogP contribution in [-0.2, 0) is 0 Å². The van der Waals surface area contributed by atoms with Gasteiger partial charge in [-0.3, -0.25) is 0 Å². The smallest absolute Gasteiger partial charge is 0.120 e. The molecule has 1 aromatic heterocycles. The Morgan fingerprint density at radius 3 is 2.65 bits per heavy atom. The molecule has 5 heteroatoms. The van der Waals surface area contributed by atoms with Crippen molar-refractivity contribution in [2.45, 2.75) is 19.4 Å². The van der Waals surface area contributed by atoms with E-state index >= 15 is 0 Å². The van der Waals surface area contributed by atoms with Crippen LogP contribution in [0.3, 0.4) is 0 Å². The zero-order valence-electron chi connectivity index (χ0n) is 11.5. The Labute approximate surface area is 140 Å². The van der Waals surface area contributed by atoms with E-state index in [9.17, 15) is 0 Å². The van der Waals surface area contributed by atoms with Gasteiger partial charge in [-0.25, -0.2) is 0 Å². The second-order valence-corrected chi connectivity index (χ2v) is 7.60. The minimum Gasteiger partial charge on any atom is -0.497 e. The minimum absolute atomic E-state index is 0.192. The third-order valence-electron chi connectivity index (χ3n) is 3.04. The molecule has 0 spiro atoms. The summed E-state index contributed by atoms with van der Waals surface area (Å²) >= 11 is 8.91. The Bertz CT molecular complexity index is 571. The molecule has 0 radical (unpaired) electrons. The van der Waals surface area contributed by atoms with Crippen LogP contribution >= 0.6 is 43.2 Å². The molecule has 0 aliphatic rings. The van der Waals surface area contributed by atoms with E-state index in [1.54, 1.807) is 18.4 Å². The van der Waals surface area contributed by atoms with Crippen molar-refractivity contribution in [2.24, 2.45) is 0 Å². The van der Waals surface area contributed by atoms with Gasteiger partial charge in [-0.2, -0.15) is 0 Å². The molecule has 1 aromatic carbocycles. The van der Waals surface area contributed by atoms with E-state index in [1.165, 1.54) is 11.1 Å². The van der Waals surface area contributed by atoms with Gasteiger partial charge in [-0.1, -0.05) is 28.9 Å². The first-order valence-corrected chi connectivity index (χ1v) is 8.93. The van der Waals surface area contributed by atoms with E-state index < -0.39 is 0 Å². The van der Waals surface area contributed by atoms with Gasteiger partial charge < -0.3 is 10.1 Å². The van der Waals surface area contributed by atoms with E-state index in [0.29, 0.717) is 0 Å². The first-order valence-electron chi connectivity index (χ1n) is 6.46. The van der Waals surface area contributed by atoms with Crippen molar-refractivity contribution >= 4 is 43.2 Å². The van der Waals surface area contributed by atoms with Crippen LogP contribution in [0.2, 0.25) is 0 Å². The predicted molar refractivity (Wildman–Crippen MR) is 92.8 cm³/mol. The molecule has 2 nitrogen and oxygen atoms in total. The van der Waals surface area contributed by atoms with Gasteiger partial charge in [0.05, 0.1) is 16.9 Å². The van der Waals surface area contributed by atoms with Gasteiger partial charge in [0.2, 0.25) is 0 Å². The second kappa shape index (κ2) is 7.59. The molecule has 1 heterocycles. The first kappa shape index (κ1) is 16.0. The number of benzene rings is 1. The molecule has 20 heavy (non-hydrogen) atoms. The Balaban J connectivity index is 2.35. The lowest BCUT2D eigenvalue weighted by Crippen LogP contribution is -2.23. The maximum Gasteiger partial charge on any atom is 0.120 e. The molecule has 108 valence electrons. The van der Waals surface area contributed by atoms with Crippen molar-refractivity contribution in [3.63, 3.8) is 0 Å². The van der Waals surface area contributed by atoms with Crippen LogP contribution < -0.4 is 10.1 Å². The molecule has 1 unspecified atom stereocenters. The lowest BCUT2D eigenvalue weighted by atomic mass is 10.0. The van der Waals surface area contributed by atoms with Crippen molar-refractivity contribution < 1.29 is 4.74 Å². The number of nitrogens with one attached hydrogen (secondary N) is 1. The normalized spacial score (nSPS) is 12.4. The molecule has 1 atom stereocenters. The van der Waals surface area contributed by atoms with Crippen molar-refractivity contribution in [3.05, 3.63) is 49.0 Å².